The molecule has 0 radical (unpaired) electrons. The molecule has 1 saturated heterocycles. The molecule has 0 spiro atoms. The number of rotatable bonds is 2. The second-order valence-electron chi connectivity index (χ2n) is 4.43. The fourth-order valence-electron chi connectivity index (χ4n) is 2.18. The van der Waals surface area contributed by atoms with E-state index in [0.717, 1.165) is 19.4 Å². The number of hydrogen-bond donors (Lipinski definition) is 1. The lowest BCUT2D eigenvalue weighted by molar-refractivity contribution is 0.0747. The van der Waals surface area contributed by atoms with Crippen LogP contribution in [0.2, 0.25) is 0 Å². The Morgan fingerprint density at radius 2 is 1.82 bits per heavy atom. The predicted molar refractivity (Wildman–Crippen MR) is 64.7 cm³/mol. The molecule has 17 heavy (non-hydrogen) atoms. The minimum atomic E-state index is -0.474. The molecule has 0 aliphatic carbocycles. The van der Waals surface area contributed by atoms with Gasteiger partial charge in [-0.15, -0.1) is 0 Å². The van der Waals surface area contributed by atoms with Gasteiger partial charge in [-0.1, -0.05) is 0 Å². The number of nitrogens with zero attached hydrogens (tertiary/aromatic N) is 1. The lowest BCUT2D eigenvalue weighted by Crippen LogP contribution is -2.33. The Hall–Kier alpha value is -1.84. The maximum absolute atomic E-state index is 12.1. The van der Waals surface area contributed by atoms with E-state index >= 15 is 0 Å². The highest BCUT2D eigenvalue weighted by molar-refractivity contribution is 5.97. The van der Waals surface area contributed by atoms with Gasteiger partial charge in [-0.2, -0.15) is 0 Å². The Morgan fingerprint density at radius 3 is 2.29 bits per heavy atom. The molecule has 1 aromatic carbocycles. The summed E-state index contributed by atoms with van der Waals surface area (Å²) < 4.78 is 0. The van der Waals surface area contributed by atoms with Crippen molar-refractivity contribution in [3.8, 4) is 0 Å². The summed E-state index contributed by atoms with van der Waals surface area (Å²) in [5.41, 5.74) is 6.19. The minimum Gasteiger partial charge on any atom is -0.366 e. The van der Waals surface area contributed by atoms with Crippen LogP contribution in [0.25, 0.3) is 0 Å². The van der Waals surface area contributed by atoms with Crippen molar-refractivity contribution >= 4 is 11.8 Å². The second kappa shape index (κ2) is 4.57. The van der Waals surface area contributed by atoms with E-state index in [9.17, 15) is 9.59 Å². The number of carbonyl (C=O) groups excluding carboxylic acids is 2. The summed E-state index contributed by atoms with van der Waals surface area (Å²) in [7, 11) is 0. The van der Waals surface area contributed by atoms with Gasteiger partial charge in [0.2, 0.25) is 5.91 Å². The Bertz CT molecular complexity index is 439. The molecular weight excluding hydrogens is 216 g/mol. The SMILES string of the molecule is CC1CCCN1C(=O)c1ccc(C(N)=O)cc1. The van der Waals surface area contributed by atoms with Crippen molar-refractivity contribution in [2.75, 3.05) is 6.54 Å². The van der Waals surface area contributed by atoms with Gasteiger partial charge in [-0.05, 0) is 44.0 Å². The van der Waals surface area contributed by atoms with Crippen molar-refractivity contribution in [3.05, 3.63) is 35.4 Å². The molecular formula is C13H16N2O2. The van der Waals surface area contributed by atoms with Crippen LogP contribution in [0.4, 0.5) is 0 Å². The van der Waals surface area contributed by atoms with Gasteiger partial charge in [0.1, 0.15) is 0 Å². The molecule has 2 amide bonds. The average molecular weight is 232 g/mol. The van der Waals surface area contributed by atoms with E-state index in [0.29, 0.717) is 17.2 Å². The number of hydrogen-bond acceptors (Lipinski definition) is 2. The molecule has 4 nitrogen and oxygen atoms in total. The Balaban J connectivity index is 2.17. The third kappa shape index (κ3) is 2.30. The molecule has 90 valence electrons. The van der Waals surface area contributed by atoms with Gasteiger partial charge in [0.15, 0.2) is 0 Å². The summed E-state index contributed by atoms with van der Waals surface area (Å²) in [6.07, 6.45) is 2.12. The number of carbonyl (C=O) groups is 2. The lowest BCUT2D eigenvalue weighted by atomic mass is 10.1. The van der Waals surface area contributed by atoms with E-state index in [1.54, 1.807) is 24.3 Å². The Morgan fingerprint density at radius 1 is 1.24 bits per heavy atom. The zero-order valence-corrected chi connectivity index (χ0v) is 9.85. The van der Waals surface area contributed by atoms with Gasteiger partial charge in [-0.3, -0.25) is 9.59 Å². The van der Waals surface area contributed by atoms with Crippen LogP contribution in [0.15, 0.2) is 24.3 Å². The highest BCUT2D eigenvalue weighted by atomic mass is 16.2. The van der Waals surface area contributed by atoms with E-state index in [-0.39, 0.29) is 5.91 Å². The monoisotopic (exact) mass is 232 g/mol. The zero-order valence-electron chi connectivity index (χ0n) is 9.85. The maximum atomic E-state index is 12.1. The topological polar surface area (TPSA) is 63.4 Å². The van der Waals surface area contributed by atoms with E-state index in [2.05, 4.69) is 6.92 Å². The van der Waals surface area contributed by atoms with Crippen molar-refractivity contribution in [2.24, 2.45) is 5.73 Å². The fourth-order valence-corrected chi connectivity index (χ4v) is 2.18. The van der Waals surface area contributed by atoms with E-state index in [1.165, 1.54) is 0 Å². The number of nitrogens with two attached hydrogens (primary N) is 1. The summed E-state index contributed by atoms with van der Waals surface area (Å²) in [6, 6.07) is 6.81. The average Bonchev–Trinajstić information content (AvgIpc) is 2.74. The molecule has 0 saturated carbocycles. The highest BCUT2D eigenvalue weighted by Crippen LogP contribution is 2.19. The highest BCUT2D eigenvalue weighted by Gasteiger charge is 2.25. The van der Waals surface area contributed by atoms with E-state index < -0.39 is 5.91 Å². The summed E-state index contributed by atoms with van der Waals surface area (Å²) >= 11 is 0. The number of benzene rings is 1. The predicted octanol–water partition coefficient (Wildman–Crippen LogP) is 1.41. The first kappa shape index (κ1) is 11.6. The van der Waals surface area contributed by atoms with E-state index in [1.807, 2.05) is 4.90 Å². The first-order valence-electron chi connectivity index (χ1n) is 5.80. The van der Waals surface area contributed by atoms with E-state index in [4.69, 9.17) is 5.73 Å². The Labute approximate surface area is 100 Å². The Kier molecular flexibility index (Phi) is 3.13. The summed E-state index contributed by atoms with van der Waals surface area (Å²) in [4.78, 5) is 24.9. The van der Waals surface area contributed by atoms with Crippen molar-refractivity contribution in [3.63, 3.8) is 0 Å². The molecule has 2 N–H and O–H groups in total. The zero-order chi connectivity index (χ0) is 12.4. The lowest BCUT2D eigenvalue weighted by Gasteiger charge is -2.21. The maximum Gasteiger partial charge on any atom is 0.254 e. The molecule has 4 heteroatoms. The number of primary amides is 1. The van der Waals surface area contributed by atoms with Gasteiger partial charge in [-0.25, -0.2) is 0 Å². The quantitative estimate of drug-likeness (QED) is 0.838. The van der Waals surface area contributed by atoms with Gasteiger partial charge in [0.05, 0.1) is 0 Å². The summed E-state index contributed by atoms with van der Waals surface area (Å²) in [5, 5.41) is 0. The van der Waals surface area contributed by atoms with Crippen molar-refractivity contribution < 1.29 is 9.59 Å². The van der Waals surface area contributed by atoms with Crippen molar-refractivity contribution in [1.29, 1.82) is 0 Å². The third-order valence-corrected chi connectivity index (χ3v) is 3.23. The normalized spacial score (nSPS) is 19.4. The molecule has 0 bridgehead atoms. The standard InChI is InChI=1S/C13H16N2O2/c1-9-3-2-8-15(9)13(17)11-6-4-10(5-7-11)12(14)16/h4-7,9H,2-3,8H2,1H3,(H2,14,16). The van der Waals surface area contributed by atoms with Crippen molar-refractivity contribution in [1.82, 2.24) is 4.90 Å². The van der Waals surface area contributed by atoms with Crippen LogP contribution in [0, 0.1) is 0 Å². The van der Waals surface area contributed by atoms with Gasteiger partial charge in [0, 0.05) is 23.7 Å². The van der Waals surface area contributed by atoms with Crippen LogP contribution in [-0.4, -0.2) is 29.3 Å². The number of likely N-dealkylation sites (tertiary alicyclic amines) is 1. The van der Waals surface area contributed by atoms with Gasteiger partial charge in [0.25, 0.3) is 5.91 Å². The number of amides is 2. The molecule has 1 aliphatic heterocycles. The first-order valence-corrected chi connectivity index (χ1v) is 5.80. The molecule has 1 aliphatic rings. The minimum absolute atomic E-state index is 0.0334. The van der Waals surface area contributed by atoms with Crippen LogP contribution >= 0.6 is 0 Å². The first-order chi connectivity index (χ1) is 8.09. The molecule has 2 rings (SSSR count). The fraction of sp³-hybridized carbons (Fsp3) is 0.385. The molecule has 1 unspecified atom stereocenters. The molecule has 1 aromatic rings. The van der Waals surface area contributed by atoms with Crippen LogP contribution in [-0.2, 0) is 0 Å². The molecule has 1 fully saturated rings. The van der Waals surface area contributed by atoms with Crippen LogP contribution in [0.3, 0.4) is 0 Å². The largest absolute Gasteiger partial charge is 0.366 e. The van der Waals surface area contributed by atoms with Crippen LogP contribution in [0.5, 0.6) is 0 Å². The van der Waals surface area contributed by atoms with Gasteiger partial charge >= 0.3 is 0 Å². The summed E-state index contributed by atoms with van der Waals surface area (Å²) in [6.45, 7) is 2.88. The molecule has 1 heterocycles. The van der Waals surface area contributed by atoms with Crippen LogP contribution in [0.1, 0.15) is 40.5 Å². The molecule has 0 aromatic heterocycles. The molecule has 1 atom stereocenters. The smallest absolute Gasteiger partial charge is 0.254 e. The summed E-state index contributed by atoms with van der Waals surface area (Å²) in [5.74, 6) is -0.440. The van der Waals surface area contributed by atoms with Gasteiger partial charge < -0.3 is 10.6 Å². The third-order valence-electron chi connectivity index (χ3n) is 3.23. The van der Waals surface area contributed by atoms with Crippen molar-refractivity contribution in [2.45, 2.75) is 25.8 Å². The second-order valence-corrected chi connectivity index (χ2v) is 4.43. The van der Waals surface area contributed by atoms with Crippen LogP contribution < -0.4 is 5.73 Å².